The second-order valence-corrected chi connectivity index (χ2v) is 5.95. The number of amides is 2. The lowest BCUT2D eigenvalue weighted by atomic mass is 10.1. The van der Waals surface area contributed by atoms with Gasteiger partial charge in [0.15, 0.2) is 5.96 Å². The molecule has 0 aliphatic carbocycles. The molecule has 0 atom stereocenters. The van der Waals surface area contributed by atoms with Gasteiger partial charge in [-0.2, -0.15) is 0 Å². The number of nitrogens with two attached hydrogens (primary N) is 1. The average Bonchev–Trinajstić information content (AvgIpc) is 2.90. The van der Waals surface area contributed by atoms with Crippen molar-refractivity contribution >= 4 is 30.1 Å². The Morgan fingerprint density at radius 3 is 2.43 bits per heavy atom. The van der Waals surface area contributed by atoms with Crippen molar-refractivity contribution in [1.29, 1.82) is 5.41 Å². The molecule has 2 aliphatic heterocycles. The van der Waals surface area contributed by atoms with E-state index in [4.69, 9.17) is 11.1 Å². The molecule has 23 heavy (non-hydrogen) atoms. The summed E-state index contributed by atoms with van der Waals surface area (Å²) in [6.07, 6.45) is 0. The second kappa shape index (κ2) is 7.06. The fourth-order valence-electron chi connectivity index (χ4n) is 2.96. The number of hydrogen-bond donors (Lipinski definition) is 3. The van der Waals surface area contributed by atoms with Gasteiger partial charge in [0, 0.05) is 45.0 Å². The number of likely N-dealkylation sites (N-methyl/N-ethyl adjacent to an activating group) is 1. The van der Waals surface area contributed by atoms with Crippen LogP contribution in [0.4, 0.5) is 10.5 Å². The van der Waals surface area contributed by atoms with Crippen molar-refractivity contribution in [2.75, 3.05) is 38.5 Å². The molecule has 1 saturated heterocycles. The average molecular weight is 339 g/mol. The molecule has 2 amide bonds. The quantitative estimate of drug-likeness (QED) is 0.528. The number of benzene rings is 1. The van der Waals surface area contributed by atoms with Gasteiger partial charge in [-0.05, 0) is 30.3 Å². The van der Waals surface area contributed by atoms with Crippen LogP contribution in [0.3, 0.4) is 0 Å². The standard InChI is InChI=1S/C15H22N6O.ClH/c1-19-4-6-20(7-5-19)15(22)21-9-11-2-3-13(18-14(16)17)8-12(11)10-21;/h2-3,8H,4-7,9-10H2,1H3,(H4,16,17,18);1H. The first-order valence-electron chi connectivity index (χ1n) is 7.48. The van der Waals surface area contributed by atoms with Crippen LogP contribution in [0.5, 0.6) is 0 Å². The number of anilines is 1. The minimum Gasteiger partial charge on any atom is -0.370 e. The molecule has 126 valence electrons. The van der Waals surface area contributed by atoms with Gasteiger partial charge >= 0.3 is 6.03 Å². The van der Waals surface area contributed by atoms with Gasteiger partial charge in [0.2, 0.25) is 0 Å². The van der Waals surface area contributed by atoms with Crippen molar-refractivity contribution in [3.63, 3.8) is 0 Å². The lowest BCUT2D eigenvalue weighted by Gasteiger charge is -2.34. The Hall–Kier alpha value is -1.99. The van der Waals surface area contributed by atoms with Crippen molar-refractivity contribution in [3.05, 3.63) is 29.3 Å². The number of nitrogens with one attached hydrogen (secondary N) is 2. The molecule has 1 fully saturated rings. The molecule has 0 unspecified atom stereocenters. The molecular formula is C15H23ClN6O. The Morgan fingerprint density at radius 1 is 1.13 bits per heavy atom. The first-order valence-corrected chi connectivity index (χ1v) is 7.48. The van der Waals surface area contributed by atoms with E-state index in [1.807, 2.05) is 28.0 Å². The minimum absolute atomic E-state index is 0. The molecule has 8 heteroatoms. The summed E-state index contributed by atoms with van der Waals surface area (Å²) in [5.41, 5.74) is 8.43. The van der Waals surface area contributed by atoms with E-state index in [-0.39, 0.29) is 24.4 Å². The second-order valence-electron chi connectivity index (χ2n) is 5.95. The highest BCUT2D eigenvalue weighted by Crippen LogP contribution is 2.26. The lowest BCUT2D eigenvalue weighted by molar-refractivity contribution is 0.122. The van der Waals surface area contributed by atoms with Crippen molar-refractivity contribution in [1.82, 2.24) is 14.7 Å². The molecule has 0 spiro atoms. The maximum absolute atomic E-state index is 12.6. The third-order valence-electron chi connectivity index (χ3n) is 4.25. The molecule has 1 aromatic carbocycles. The summed E-state index contributed by atoms with van der Waals surface area (Å²) in [6.45, 7) is 4.71. The molecule has 0 saturated carbocycles. The maximum Gasteiger partial charge on any atom is 0.320 e. The summed E-state index contributed by atoms with van der Waals surface area (Å²) >= 11 is 0. The zero-order valence-electron chi connectivity index (χ0n) is 13.2. The van der Waals surface area contributed by atoms with Crippen LogP contribution >= 0.6 is 12.4 Å². The molecule has 4 N–H and O–H groups in total. The zero-order chi connectivity index (χ0) is 15.7. The van der Waals surface area contributed by atoms with Crippen LogP contribution in [0, 0.1) is 5.41 Å². The molecule has 0 radical (unpaired) electrons. The van der Waals surface area contributed by atoms with Gasteiger partial charge in [-0.1, -0.05) is 6.07 Å². The Morgan fingerprint density at radius 2 is 1.78 bits per heavy atom. The molecule has 7 nitrogen and oxygen atoms in total. The van der Waals surface area contributed by atoms with Crippen LogP contribution in [-0.2, 0) is 13.1 Å². The van der Waals surface area contributed by atoms with Gasteiger partial charge in [0.1, 0.15) is 0 Å². The van der Waals surface area contributed by atoms with E-state index in [0.29, 0.717) is 13.1 Å². The third-order valence-corrected chi connectivity index (χ3v) is 4.25. The first-order chi connectivity index (χ1) is 10.5. The van der Waals surface area contributed by atoms with E-state index in [1.54, 1.807) is 0 Å². The third kappa shape index (κ3) is 3.86. The van der Waals surface area contributed by atoms with E-state index in [9.17, 15) is 4.79 Å². The SMILES string of the molecule is CN1CCN(C(=O)N2Cc3ccc(NC(=N)N)cc3C2)CC1.Cl. The number of guanidine groups is 1. The van der Waals surface area contributed by atoms with Crippen molar-refractivity contribution in [2.24, 2.45) is 5.73 Å². The van der Waals surface area contributed by atoms with Crippen LogP contribution in [0.15, 0.2) is 18.2 Å². The van der Waals surface area contributed by atoms with E-state index in [2.05, 4.69) is 17.3 Å². The van der Waals surface area contributed by atoms with E-state index >= 15 is 0 Å². The highest BCUT2D eigenvalue weighted by Gasteiger charge is 2.28. The fourth-order valence-corrected chi connectivity index (χ4v) is 2.96. The number of fused-ring (bicyclic) bond motifs is 1. The predicted molar refractivity (Wildman–Crippen MR) is 92.9 cm³/mol. The zero-order valence-corrected chi connectivity index (χ0v) is 14.0. The Balaban J connectivity index is 0.00000192. The monoisotopic (exact) mass is 338 g/mol. The number of nitrogens with zero attached hydrogens (tertiary/aromatic N) is 3. The summed E-state index contributed by atoms with van der Waals surface area (Å²) in [5, 5.41) is 10.1. The van der Waals surface area contributed by atoms with Crippen molar-refractivity contribution < 1.29 is 4.79 Å². The number of carbonyl (C=O) groups excluding carboxylic acids is 1. The summed E-state index contributed by atoms with van der Waals surface area (Å²) in [5.74, 6) is -0.0803. The molecular weight excluding hydrogens is 316 g/mol. The van der Waals surface area contributed by atoms with Gasteiger partial charge < -0.3 is 25.8 Å². The molecule has 3 rings (SSSR count). The Kier molecular flexibility index (Phi) is 5.33. The molecule has 0 aromatic heterocycles. The van der Waals surface area contributed by atoms with Crippen molar-refractivity contribution in [3.8, 4) is 0 Å². The number of urea groups is 1. The smallest absolute Gasteiger partial charge is 0.320 e. The number of halogens is 1. The number of hydrogen-bond acceptors (Lipinski definition) is 3. The maximum atomic E-state index is 12.6. The number of rotatable bonds is 1. The normalized spacial score (nSPS) is 17.4. The topological polar surface area (TPSA) is 88.7 Å². The predicted octanol–water partition coefficient (Wildman–Crippen LogP) is 1.10. The summed E-state index contributed by atoms with van der Waals surface area (Å²) in [4.78, 5) is 18.7. The lowest BCUT2D eigenvalue weighted by Crippen LogP contribution is -2.50. The van der Waals surface area contributed by atoms with Gasteiger partial charge in [-0.25, -0.2) is 4.79 Å². The van der Waals surface area contributed by atoms with Gasteiger partial charge in [-0.3, -0.25) is 5.41 Å². The molecule has 1 aromatic rings. The van der Waals surface area contributed by atoms with Crippen LogP contribution in [-0.4, -0.2) is 59.9 Å². The summed E-state index contributed by atoms with van der Waals surface area (Å²) in [6, 6.07) is 5.97. The van der Waals surface area contributed by atoms with Crippen LogP contribution < -0.4 is 11.1 Å². The van der Waals surface area contributed by atoms with Crippen molar-refractivity contribution in [2.45, 2.75) is 13.1 Å². The minimum atomic E-state index is -0.0803. The van der Waals surface area contributed by atoms with Crippen LogP contribution in [0.2, 0.25) is 0 Å². The summed E-state index contributed by atoms with van der Waals surface area (Å²) in [7, 11) is 2.08. The van der Waals surface area contributed by atoms with Crippen LogP contribution in [0.25, 0.3) is 0 Å². The first kappa shape index (κ1) is 17.4. The van der Waals surface area contributed by atoms with E-state index in [0.717, 1.165) is 43.0 Å². The van der Waals surface area contributed by atoms with Gasteiger partial charge in [-0.15, -0.1) is 12.4 Å². The molecule has 2 aliphatic rings. The number of piperazine rings is 1. The fraction of sp³-hybridized carbons (Fsp3) is 0.467. The summed E-state index contributed by atoms with van der Waals surface area (Å²) < 4.78 is 0. The largest absolute Gasteiger partial charge is 0.370 e. The van der Waals surface area contributed by atoms with Gasteiger partial charge in [0.25, 0.3) is 0 Å². The van der Waals surface area contributed by atoms with E-state index in [1.165, 1.54) is 0 Å². The Labute approximate surface area is 142 Å². The highest BCUT2D eigenvalue weighted by atomic mass is 35.5. The molecule has 0 bridgehead atoms. The molecule has 2 heterocycles. The Bertz CT molecular complexity index is 600. The highest BCUT2D eigenvalue weighted by molar-refractivity contribution is 5.89. The van der Waals surface area contributed by atoms with Crippen LogP contribution in [0.1, 0.15) is 11.1 Å². The van der Waals surface area contributed by atoms with Gasteiger partial charge in [0.05, 0.1) is 0 Å². The number of carbonyl (C=O) groups is 1. The van der Waals surface area contributed by atoms with E-state index < -0.39 is 0 Å².